The molecule has 9 heteroatoms. The fraction of sp³-hybridized carbons (Fsp3) is 0.600. The molecule has 0 bridgehead atoms. The molecule has 182 valence electrons. The molecule has 2 aliphatic heterocycles. The van der Waals surface area contributed by atoms with Gasteiger partial charge in [-0.1, -0.05) is 31.9 Å². The molecule has 4 heterocycles. The molecular formula is C25H32ClN5O3. The van der Waals surface area contributed by atoms with Crippen LogP contribution in [0.3, 0.4) is 0 Å². The van der Waals surface area contributed by atoms with Gasteiger partial charge >= 0.3 is 0 Å². The van der Waals surface area contributed by atoms with Crippen LogP contribution in [0.15, 0.2) is 18.5 Å². The summed E-state index contributed by atoms with van der Waals surface area (Å²) in [6.45, 7) is 6.47. The van der Waals surface area contributed by atoms with Crippen LogP contribution in [0.4, 0.5) is 5.82 Å². The molecule has 2 fully saturated rings. The normalized spacial score (nSPS) is 25.7. The Morgan fingerprint density at radius 2 is 2.00 bits per heavy atom. The summed E-state index contributed by atoms with van der Waals surface area (Å²) in [6, 6.07) is 1.86. The Morgan fingerprint density at radius 3 is 2.79 bits per heavy atom. The number of rotatable bonds is 5. The molecular weight excluding hydrogens is 454 g/mol. The number of pyridine rings is 1. The van der Waals surface area contributed by atoms with E-state index in [0.29, 0.717) is 30.5 Å². The molecule has 34 heavy (non-hydrogen) atoms. The molecule has 1 saturated heterocycles. The molecule has 3 atom stereocenters. The quantitative estimate of drug-likeness (QED) is 0.670. The first-order chi connectivity index (χ1) is 16.3. The topological polar surface area (TPSA) is 98.1 Å². The number of hydrogen-bond acceptors (Lipinski definition) is 5. The smallest absolute Gasteiger partial charge is 0.228 e. The van der Waals surface area contributed by atoms with Gasteiger partial charge in [-0.2, -0.15) is 5.10 Å². The van der Waals surface area contributed by atoms with E-state index in [9.17, 15) is 9.59 Å². The number of amides is 2. The second kappa shape index (κ2) is 9.30. The van der Waals surface area contributed by atoms with E-state index < -0.39 is 0 Å². The van der Waals surface area contributed by atoms with Crippen molar-refractivity contribution in [1.29, 1.82) is 0 Å². The average Bonchev–Trinajstić information content (AvgIpc) is 3.52. The molecule has 1 unspecified atom stereocenters. The lowest BCUT2D eigenvalue weighted by molar-refractivity contribution is -0.127. The first-order valence-corrected chi connectivity index (χ1v) is 12.6. The Hall–Kier alpha value is -2.45. The van der Waals surface area contributed by atoms with Crippen LogP contribution < -0.4 is 10.6 Å². The average molecular weight is 486 g/mol. The van der Waals surface area contributed by atoms with E-state index in [0.717, 1.165) is 55.5 Å². The van der Waals surface area contributed by atoms with Gasteiger partial charge in [0, 0.05) is 48.1 Å². The highest BCUT2D eigenvalue weighted by Gasteiger charge is 2.33. The standard InChI is InChI=1S/C25H32ClN5O3/c1-25(2)10-21-19(11-28-31(21)14-25)18-9-22(27-12-20(18)26)30-23(32)15-4-3-5-17(8-15)29-24(33)16-6-7-34-13-16/h9,11-12,15-17H,3-8,10,13-14H2,1-2H3,(H,29,33)(H,27,30,32)/t15-,16+,17?/m0/s1. The molecule has 3 aliphatic rings. The number of nitrogens with one attached hydrogen (secondary N) is 2. The molecule has 8 nitrogen and oxygen atoms in total. The lowest BCUT2D eigenvalue weighted by Crippen LogP contribution is -2.43. The predicted molar refractivity (Wildman–Crippen MR) is 129 cm³/mol. The minimum atomic E-state index is -0.166. The number of ether oxygens (including phenoxy) is 1. The molecule has 0 aromatic carbocycles. The molecule has 0 radical (unpaired) electrons. The number of carbonyl (C=O) groups excluding carboxylic acids is 2. The van der Waals surface area contributed by atoms with Gasteiger partial charge in [0.15, 0.2) is 0 Å². The number of carbonyl (C=O) groups is 2. The maximum absolute atomic E-state index is 13.1. The van der Waals surface area contributed by atoms with Gasteiger partial charge in [0.1, 0.15) is 5.82 Å². The van der Waals surface area contributed by atoms with Crippen LogP contribution in [0.5, 0.6) is 0 Å². The Balaban J connectivity index is 1.25. The molecule has 2 amide bonds. The Morgan fingerprint density at radius 1 is 1.15 bits per heavy atom. The van der Waals surface area contributed by atoms with E-state index in [2.05, 4.69) is 34.6 Å². The highest BCUT2D eigenvalue weighted by Crippen LogP contribution is 2.39. The van der Waals surface area contributed by atoms with Gasteiger partial charge in [-0.25, -0.2) is 4.98 Å². The summed E-state index contributed by atoms with van der Waals surface area (Å²) in [5.41, 5.74) is 3.14. The predicted octanol–water partition coefficient (Wildman–Crippen LogP) is 3.83. The molecule has 2 N–H and O–H groups in total. The number of hydrogen-bond donors (Lipinski definition) is 2. The highest BCUT2D eigenvalue weighted by atomic mass is 35.5. The Kier molecular flexibility index (Phi) is 6.37. The summed E-state index contributed by atoms with van der Waals surface area (Å²) >= 11 is 6.51. The third-order valence-corrected chi connectivity index (χ3v) is 7.56. The van der Waals surface area contributed by atoms with E-state index >= 15 is 0 Å². The van der Waals surface area contributed by atoms with Gasteiger partial charge in [0.05, 0.1) is 23.7 Å². The third kappa shape index (κ3) is 4.84. The van der Waals surface area contributed by atoms with Crippen LogP contribution in [0.1, 0.15) is 51.6 Å². The second-order valence-corrected chi connectivity index (χ2v) is 11.1. The number of aromatic nitrogens is 3. The van der Waals surface area contributed by atoms with Gasteiger partial charge in [0.2, 0.25) is 11.8 Å². The number of halogens is 1. The molecule has 2 aromatic rings. The summed E-state index contributed by atoms with van der Waals surface area (Å²) in [4.78, 5) is 29.9. The van der Waals surface area contributed by atoms with E-state index in [1.54, 1.807) is 6.20 Å². The van der Waals surface area contributed by atoms with Gasteiger partial charge < -0.3 is 15.4 Å². The minimum Gasteiger partial charge on any atom is -0.381 e. The largest absolute Gasteiger partial charge is 0.381 e. The SMILES string of the molecule is CC1(C)Cc2c(-c3cc(NC(=O)[C@H]4CCCC(NC(=O)[C@@H]5CCOC5)C4)ncc3Cl)cnn2C1. The molecule has 1 aliphatic carbocycles. The summed E-state index contributed by atoms with van der Waals surface area (Å²) in [5, 5.41) is 11.2. The number of nitrogens with zero attached hydrogens (tertiary/aromatic N) is 3. The zero-order valence-corrected chi connectivity index (χ0v) is 20.5. The maximum Gasteiger partial charge on any atom is 0.228 e. The third-order valence-electron chi connectivity index (χ3n) is 7.26. The van der Waals surface area contributed by atoms with Crippen LogP contribution >= 0.6 is 11.6 Å². The van der Waals surface area contributed by atoms with Crippen molar-refractivity contribution in [3.63, 3.8) is 0 Å². The van der Waals surface area contributed by atoms with Crippen LogP contribution in [0.25, 0.3) is 11.1 Å². The van der Waals surface area contributed by atoms with Gasteiger partial charge in [-0.3, -0.25) is 14.3 Å². The van der Waals surface area contributed by atoms with Crippen molar-refractivity contribution >= 4 is 29.2 Å². The van der Waals surface area contributed by atoms with E-state index in [4.69, 9.17) is 16.3 Å². The van der Waals surface area contributed by atoms with Gasteiger partial charge in [0.25, 0.3) is 0 Å². The summed E-state index contributed by atoms with van der Waals surface area (Å²) in [5.74, 6) is 0.230. The lowest BCUT2D eigenvalue weighted by atomic mass is 9.84. The number of anilines is 1. The van der Waals surface area contributed by atoms with Crippen LogP contribution in [-0.4, -0.2) is 45.8 Å². The molecule has 1 saturated carbocycles. The van der Waals surface area contributed by atoms with Crippen LogP contribution in [-0.2, 0) is 27.3 Å². The zero-order chi connectivity index (χ0) is 23.9. The lowest BCUT2D eigenvalue weighted by Gasteiger charge is -2.29. The van der Waals surface area contributed by atoms with Gasteiger partial charge in [-0.05, 0) is 43.6 Å². The van der Waals surface area contributed by atoms with Crippen molar-refractivity contribution in [3.05, 3.63) is 29.2 Å². The van der Waals surface area contributed by atoms with Crippen molar-refractivity contribution in [1.82, 2.24) is 20.1 Å². The van der Waals surface area contributed by atoms with E-state index in [-0.39, 0.29) is 35.1 Å². The highest BCUT2D eigenvalue weighted by molar-refractivity contribution is 6.33. The first kappa shape index (κ1) is 23.3. The van der Waals surface area contributed by atoms with E-state index in [1.807, 2.05) is 16.9 Å². The van der Waals surface area contributed by atoms with Crippen molar-refractivity contribution in [2.75, 3.05) is 18.5 Å². The Bertz CT molecular complexity index is 1090. The van der Waals surface area contributed by atoms with Gasteiger partial charge in [-0.15, -0.1) is 0 Å². The molecule has 2 aromatic heterocycles. The van der Waals surface area contributed by atoms with Crippen molar-refractivity contribution in [3.8, 4) is 11.1 Å². The minimum absolute atomic E-state index is 0.0182. The monoisotopic (exact) mass is 485 g/mol. The van der Waals surface area contributed by atoms with Crippen LogP contribution in [0, 0.1) is 17.3 Å². The van der Waals surface area contributed by atoms with Crippen molar-refractivity contribution in [2.24, 2.45) is 17.3 Å². The van der Waals surface area contributed by atoms with Crippen molar-refractivity contribution in [2.45, 2.75) is 65.0 Å². The second-order valence-electron chi connectivity index (χ2n) is 10.7. The fourth-order valence-corrected chi connectivity index (χ4v) is 5.64. The van der Waals surface area contributed by atoms with Crippen molar-refractivity contribution < 1.29 is 14.3 Å². The molecule has 5 rings (SSSR count). The maximum atomic E-state index is 13.1. The Labute approximate surface area is 204 Å². The number of fused-ring (bicyclic) bond motifs is 1. The van der Waals surface area contributed by atoms with E-state index in [1.165, 1.54) is 0 Å². The molecule has 0 spiro atoms. The fourth-order valence-electron chi connectivity index (χ4n) is 5.43. The summed E-state index contributed by atoms with van der Waals surface area (Å²) in [6.07, 6.45) is 8.37. The summed E-state index contributed by atoms with van der Waals surface area (Å²) < 4.78 is 7.37. The summed E-state index contributed by atoms with van der Waals surface area (Å²) in [7, 11) is 0. The first-order valence-electron chi connectivity index (χ1n) is 12.2. The zero-order valence-electron chi connectivity index (χ0n) is 19.8. The van der Waals surface area contributed by atoms with Crippen LogP contribution in [0.2, 0.25) is 5.02 Å².